The van der Waals surface area contributed by atoms with Gasteiger partial charge in [0.05, 0.1) is 29.6 Å². The number of amides is 2. The molecule has 0 spiro atoms. The van der Waals surface area contributed by atoms with Gasteiger partial charge in [-0.25, -0.2) is 4.79 Å². The second-order valence-corrected chi connectivity index (χ2v) is 4.99. The van der Waals surface area contributed by atoms with E-state index in [0.717, 1.165) is 0 Å². The topological polar surface area (TPSA) is 59.6 Å². The fourth-order valence-corrected chi connectivity index (χ4v) is 2.17. The van der Waals surface area contributed by atoms with Crippen LogP contribution in [0.3, 0.4) is 0 Å². The number of urea groups is 1. The van der Waals surface area contributed by atoms with Gasteiger partial charge in [-0.1, -0.05) is 23.7 Å². The first-order valence-electron chi connectivity index (χ1n) is 7.36. The number of nitrogens with one attached hydrogen (secondary N) is 2. The van der Waals surface area contributed by atoms with Crippen LogP contribution >= 0.6 is 11.6 Å². The number of anilines is 2. The Morgan fingerprint density at radius 1 is 1.00 bits per heavy atom. The highest BCUT2D eigenvalue weighted by Gasteiger charge is 2.11. The van der Waals surface area contributed by atoms with E-state index in [1.807, 2.05) is 13.8 Å². The number of ether oxygens (including phenoxy) is 2. The molecule has 23 heavy (non-hydrogen) atoms. The maximum absolute atomic E-state index is 12.2. The third kappa shape index (κ3) is 4.79. The lowest BCUT2D eigenvalue weighted by Crippen LogP contribution is -2.20. The number of halogens is 1. The Hall–Kier alpha value is -2.40. The molecule has 0 radical (unpaired) electrons. The molecule has 2 aromatic carbocycles. The van der Waals surface area contributed by atoms with Gasteiger partial charge in [0.1, 0.15) is 11.5 Å². The van der Waals surface area contributed by atoms with Crippen LogP contribution in [0.4, 0.5) is 16.2 Å². The predicted octanol–water partition coefficient (Wildman–Crippen LogP) is 4.78. The molecule has 2 amide bonds. The fraction of sp³-hybridized carbons (Fsp3) is 0.235. The number of carbonyl (C=O) groups excluding carboxylic acids is 1. The molecule has 0 unspecified atom stereocenters. The molecule has 0 saturated heterocycles. The quantitative estimate of drug-likeness (QED) is 0.799. The molecule has 2 aromatic rings. The summed E-state index contributed by atoms with van der Waals surface area (Å²) in [4.78, 5) is 12.2. The molecule has 0 aliphatic rings. The standard InChI is InChI=1S/C17H19ClN2O3/c1-3-22-12-9-10-16(23-4-2)15(11-12)20-17(21)19-14-8-6-5-7-13(14)18/h5-11H,3-4H2,1-2H3,(H2,19,20,21). The Balaban J connectivity index is 2.15. The lowest BCUT2D eigenvalue weighted by molar-refractivity contribution is 0.262. The van der Waals surface area contributed by atoms with Crippen LogP contribution in [0.2, 0.25) is 5.02 Å². The monoisotopic (exact) mass is 334 g/mol. The van der Waals surface area contributed by atoms with Gasteiger partial charge in [-0.3, -0.25) is 0 Å². The zero-order chi connectivity index (χ0) is 16.7. The SMILES string of the molecule is CCOc1ccc(OCC)c(NC(=O)Nc2ccccc2Cl)c1. The molecular formula is C17H19ClN2O3. The van der Waals surface area contributed by atoms with Crippen LogP contribution < -0.4 is 20.1 Å². The van der Waals surface area contributed by atoms with Crippen molar-refractivity contribution in [3.05, 3.63) is 47.5 Å². The minimum Gasteiger partial charge on any atom is -0.494 e. The van der Waals surface area contributed by atoms with Crippen molar-refractivity contribution in [2.24, 2.45) is 0 Å². The molecule has 0 aliphatic heterocycles. The van der Waals surface area contributed by atoms with Gasteiger partial charge >= 0.3 is 6.03 Å². The first kappa shape index (κ1) is 17.0. The number of benzene rings is 2. The normalized spacial score (nSPS) is 10.0. The van der Waals surface area contributed by atoms with Gasteiger partial charge in [-0.2, -0.15) is 0 Å². The van der Waals surface area contributed by atoms with Gasteiger partial charge in [0, 0.05) is 6.07 Å². The summed E-state index contributed by atoms with van der Waals surface area (Å²) in [6, 6.07) is 11.9. The van der Waals surface area contributed by atoms with Crippen molar-refractivity contribution >= 4 is 29.0 Å². The summed E-state index contributed by atoms with van der Waals surface area (Å²) in [5, 5.41) is 5.93. The molecule has 0 bridgehead atoms. The molecule has 5 nitrogen and oxygen atoms in total. The molecule has 0 saturated carbocycles. The maximum Gasteiger partial charge on any atom is 0.323 e. The Morgan fingerprint density at radius 3 is 2.39 bits per heavy atom. The van der Waals surface area contributed by atoms with Crippen molar-refractivity contribution < 1.29 is 14.3 Å². The average Bonchev–Trinajstić information content (AvgIpc) is 2.52. The third-order valence-electron chi connectivity index (χ3n) is 2.93. The molecule has 0 atom stereocenters. The molecule has 0 aliphatic carbocycles. The van der Waals surface area contributed by atoms with Crippen molar-refractivity contribution in [3.8, 4) is 11.5 Å². The number of para-hydroxylation sites is 1. The number of hydrogen-bond donors (Lipinski definition) is 2. The van der Waals surface area contributed by atoms with E-state index >= 15 is 0 Å². The number of carbonyl (C=O) groups is 1. The highest BCUT2D eigenvalue weighted by molar-refractivity contribution is 6.33. The van der Waals surface area contributed by atoms with Crippen LogP contribution in [-0.2, 0) is 0 Å². The Bertz CT molecular complexity index is 677. The van der Waals surface area contributed by atoms with E-state index in [1.165, 1.54) is 0 Å². The molecule has 2 N–H and O–H groups in total. The van der Waals surface area contributed by atoms with E-state index in [1.54, 1.807) is 42.5 Å². The summed E-state index contributed by atoms with van der Waals surface area (Å²) in [7, 11) is 0. The van der Waals surface area contributed by atoms with E-state index < -0.39 is 6.03 Å². The summed E-state index contributed by atoms with van der Waals surface area (Å²) in [5.41, 5.74) is 1.06. The minimum absolute atomic E-state index is 0.410. The van der Waals surface area contributed by atoms with Gasteiger partial charge in [-0.15, -0.1) is 0 Å². The van der Waals surface area contributed by atoms with Crippen molar-refractivity contribution in [2.75, 3.05) is 23.8 Å². The van der Waals surface area contributed by atoms with Crippen LogP contribution in [0.15, 0.2) is 42.5 Å². The molecule has 0 heterocycles. The van der Waals surface area contributed by atoms with Gasteiger partial charge < -0.3 is 20.1 Å². The molecule has 6 heteroatoms. The highest BCUT2D eigenvalue weighted by Crippen LogP contribution is 2.30. The van der Waals surface area contributed by atoms with E-state index in [4.69, 9.17) is 21.1 Å². The Kier molecular flexibility index (Phi) is 6.11. The average molecular weight is 335 g/mol. The van der Waals surface area contributed by atoms with Crippen LogP contribution in [0.5, 0.6) is 11.5 Å². The zero-order valence-corrected chi connectivity index (χ0v) is 13.8. The van der Waals surface area contributed by atoms with Gasteiger partial charge in [0.2, 0.25) is 0 Å². The molecule has 0 aromatic heterocycles. The van der Waals surface area contributed by atoms with Crippen LogP contribution in [0.1, 0.15) is 13.8 Å². The molecule has 122 valence electrons. The third-order valence-corrected chi connectivity index (χ3v) is 3.26. The Morgan fingerprint density at radius 2 is 1.70 bits per heavy atom. The second-order valence-electron chi connectivity index (χ2n) is 4.58. The zero-order valence-electron chi connectivity index (χ0n) is 13.1. The lowest BCUT2D eigenvalue weighted by Gasteiger charge is -2.14. The minimum atomic E-state index is -0.410. The van der Waals surface area contributed by atoms with E-state index in [9.17, 15) is 4.79 Å². The van der Waals surface area contributed by atoms with E-state index in [0.29, 0.717) is 41.1 Å². The molecule has 2 rings (SSSR count). The number of rotatable bonds is 6. The molecule has 0 fully saturated rings. The second kappa shape index (κ2) is 8.29. The van der Waals surface area contributed by atoms with E-state index in [-0.39, 0.29) is 0 Å². The highest BCUT2D eigenvalue weighted by atomic mass is 35.5. The summed E-state index contributed by atoms with van der Waals surface area (Å²) in [5.74, 6) is 1.23. The maximum atomic E-state index is 12.2. The van der Waals surface area contributed by atoms with Gasteiger partial charge in [0.25, 0.3) is 0 Å². The van der Waals surface area contributed by atoms with Crippen LogP contribution in [0, 0.1) is 0 Å². The smallest absolute Gasteiger partial charge is 0.323 e. The summed E-state index contributed by atoms with van der Waals surface area (Å²) in [6.45, 7) is 4.81. The fourth-order valence-electron chi connectivity index (χ4n) is 1.98. The van der Waals surface area contributed by atoms with Crippen LogP contribution in [-0.4, -0.2) is 19.2 Å². The van der Waals surface area contributed by atoms with Gasteiger partial charge in [-0.05, 0) is 38.1 Å². The van der Waals surface area contributed by atoms with Crippen molar-refractivity contribution in [1.29, 1.82) is 0 Å². The summed E-state index contributed by atoms with van der Waals surface area (Å²) >= 11 is 6.03. The van der Waals surface area contributed by atoms with Crippen molar-refractivity contribution in [3.63, 3.8) is 0 Å². The van der Waals surface area contributed by atoms with Crippen molar-refractivity contribution in [1.82, 2.24) is 0 Å². The lowest BCUT2D eigenvalue weighted by atomic mass is 10.2. The van der Waals surface area contributed by atoms with Gasteiger partial charge in [0.15, 0.2) is 0 Å². The first-order valence-corrected chi connectivity index (χ1v) is 7.74. The van der Waals surface area contributed by atoms with Crippen molar-refractivity contribution in [2.45, 2.75) is 13.8 Å². The first-order chi connectivity index (χ1) is 11.1. The van der Waals surface area contributed by atoms with Crippen LogP contribution in [0.25, 0.3) is 0 Å². The predicted molar refractivity (Wildman–Crippen MR) is 92.9 cm³/mol. The summed E-state index contributed by atoms with van der Waals surface area (Å²) < 4.78 is 11.0. The largest absolute Gasteiger partial charge is 0.494 e. The van der Waals surface area contributed by atoms with E-state index in [2.05, 4.69) is 10.6 Å². The summed E-state index contributed by atoms with van der Waals surface area (Å²) in [6.07, 6.45) is 0. The Labute approximate surface area is 140 Å². The number of hydrogen-bond acceptors (Lipinski definition) is 3. The molecular weight excluding hydrogens is 316 g/mol.